The van der Waals surface area contributed by atoms with E-state index in [2.05, 4.69) is 0 Å². The molecule has 9 nitrogen and oxygen atoms in total. The molecule has 24 heavy (non-hydrogen) atoms. The maximum Gasteiger partial charge on any atom is 0.190 e. The van der Waals surface area contributed by atoms with Crippen LogP contribution in [-0.4, -0.2) is 73.0 Å². The minimum Gasteiger partial charge on any atom is -0.382 e. The van der Waals surface area contributed by atoms with Gasteiger partial charge in [-0.3, -0.25) is 19.2 Å². The summed E-state index contributed by atoms with van der Waals surface area (Å²) in [6, 6.07) is 0. The third kappa shape index (κ3) is 2.35. The molecule has 0 aromatic carbocycles. The summed E-state index contributed by atoms with van der Waals surface area (Å²) in [5, 5.41) is 32.3. The van der Waals surface area contributed by atoms with Crippen molar-refractivity contribution in [3.63, 3.8) is 0 Å². The number of rotatable bonds is 5. The zero-order chi connectivity index (χ0) is 22.1. The molecule has 1 rings (SSSR count). The monoisotopic (exact) mass is 369 g/mol. The average Bonchev–Trinajstić information content (AvgIpc) is 2.71. The molecule has 0 aliphatic carbocycles. The smallest absolute Gasteiger partial charge is 0.190 e. The highest BCUT2D eigenvalue weighted by atomic mass is 35.5. The van der Waals surface area contributed by atoms with E-state index in [9.17, 15) is 34.5 Å². The largest absolute Gasteiger partial charge is 0.382 e. The number of carbonyl (C=O) groups excluding carboxylic acids is 4. The van der Waals surface area contributed by atoms with Gasteiger partial charge in [0, 0.05) is 5.48 Å². The van der Waals surface area contributed by atoms with Crippen molar-refractivity contribution in [2.45, 2.75) is 62.1 Å². The summed E-state index contributed by atoms with van der Waals surface area (Å²) in [6.45, 7) is -4.87. The van der Waals surface area contributed by atoms with Crippen LogP contribution in [0.2, 0.25) is 0 Å². The van der Waals surface area contributed by atoms with Crippen LogP contribution in [0.3, 0.4) is 0 Å². The summed E-state index contributed by atoms with van der Waals surface area (Å²) in [4.78, 5) is 49.0. The topological polar surface area (TPSA) is 164 Å². The molecule has 0 aromatic heterocycles. The molecule has 0 saturated carbocycles. The first-order valence-electron chi connectivity index (χ1n) is 9.19. The number of ether oxygens (including phenoxy) is 1. The summed E-state index contributed by atoms with van der Waals surface area (Å²) in [7, 11) is 0. The molecule has 10 heteroatoms. The van der Waals surface area contributed by atoms with E-state index in [0.29, 0.717) is 0 Å². The van der Waals surface area contributed by atoms with Gasteiger partial charge in [0.1, 0.15) is 12.2 Å². The van der Waals surface area contributed by atoms with Gasteiger partial charge < -0.3 is 25.8 Å². The normalized spacial score (nSPS) is 42.9. The van der Waals surface area contributed by atoms with E-state index < -0.39 is 85.2 Å². The summed E-state index contributed by atoms with van der Waals surface area (Å²) in [5.74, 6) is -6.12. The van der Waals surface area contributed by atoms with Gasteiger partial charge in [-0.15, -0.1) is 0 Å². The molecule has 6 atom stereocenters. The molecular formula is C14H20ClNO8. The standard InChI is InChI=1S/C14H20ClNO8/c1-5(17)9(21)10-13(22,7(3)19)14(23,8(4)20)12(16,6(2)18)11(15)24-10/h9-11,21-23H,16H2,1-4H3/t9?,10-,11?,12+,13-,14-/m1/s1/i1D,2D,3D,4D. The zero-order valence-electron chi connectivity index (χ0n) is 16.4. The lowest BCUT2D eigenvalue weighted by Gasteiger charge is -2.57. The van der Waals surface area contributed by atoms with Crippen molar-refractivity contribution >= 4 is 34.7 Å². The Bertz CT molecular complexity index is 684. The minimum absolute atomic E-state index is 1.05. The Morgan fingerprint density at radius 2 is 1.67 bits per heavy atom. The highest BCUT2D eigenvalue weighted by molar-refractivity contribution is 6.24. The lowest BCUT2D eigenvalue weighted by Crippen LogP contribution is -2.89. The third-order valence-corrected chi connectivity index (χ3v) is 4.54. The maximum atomic E-state index is 12.5. The van der Waals surface area contributed by atoms with Crippen LogP contribution in [0.5, 0.6) is 0 Å². The maximum absolute atomic E-state index is 12.5. The van der Waals surface area contributed by atoms with E-state index in [1.165, 1.54) is 0 Å². The zero-order valence-corrected chi connectivity index (χ0v) is 13.2. The first-order chi connectivity index (χ1) is 12.9. The van der Waals surface area contributed by atoms with Crippen molar-refractivity contribution < 1.29 is 44.7 Å². The van der Waals surface area contributed by atoms with E-state index >= 15 is 0 Å². The highest BCUT2D eigenvalue weighted by Gasteiger charge is 2.77. The SMILES string of the molecule is [2H]CC(=O)C(O)[C@H]1OC(Cl)[C@@](N)(C(=O)C[2H])[C@](O)(C(=O)C[2H])[C@@]1(O)C(=O)C[2H]. The highest BCUT2D eigenvalue weighted by Crippen LogP contribution is 2.47. The van der Waals surface area contributed by atoms with Gasteiger partial charge in [-0.1, -0.05) is 11.6 Å². The van der Waals surface area contributed by atoms with Gasteiger partial charge in [0.25, 0.3) is 0 Å². The molecule has 5 N–H and O–H groups in total. The molecule has 1 aliphatic heterocycles. The molecule has 1 fully saturated rings. The summed E-state index contributed by atoms with van der Waals surface area (Å²) >= 11 is 5.88. The second kappa shape index (κ2) is 6.25. The molecular weight excluding hydrogens is 346 g/mol. The van der Waals surface area contributed by atoms with Crippen molar-refractivity contribution in [1.29, 1.82) is 0 Å². The molecule has 0 bridgehead atoms. The van der Waals surface area contributed by atoms with Gasteiger partial charge in [0.05, 0.1) is 0 Å². The molecule has 0 spiro atoms. The van der Waals surface area contributed by atoms with Crippen molar-refractivity contribution in [3.05, 3.63) is 0 Å². The van der Waals surface area contributed by atoms with Crippen molar-refractivity contribution in [1.82, 2.24) is 0 Å². The number of nitrogens with two attached hydrogens (primary N) is 1. The van der Waals surface area contributed by atoms with E-state index in [1.807, 2.05) is 0 Å². The van der Waals surface area contributed by atoms with E-state index in [-0.39, 0.29) is 0 Å². The molecule has 0 radical (unpaired) electrons. The van der Waals surface area contributed by atoms with Gasteiger partial charge in [-0.25, -0.2) is 0 Å². The Hall–Kier alpha value is -1.23. The van der Waals surface area contributed by atoms with Gasteiger partial charge in [0.2, 0.25) is 0 Å². The Kier molecular flexibility index (Phi) is 3.92. The van der Waals surface area contributed by atoms with Crippen LogP contribution in [0.15, 0.2) is 0 Å². The quantitative estimate of drug-likeness (QED) is 0.394. The predicted molar refractivity (Wildman–Crippen MR) is 80.1 cm³/mol. The van der Waals surface area contributed by atoms with Gasteiger partial charge in [-0.05, 0) is 27.6 Å². The van der Waals surface area contributed by atoms with Crippen molar-refractivity contribution in [2.75, 3.05) is 0 Å². The first kappa shape index (κ1) is 15.1. The number of aliphatic hydroxyl groups is 3. The van der Waals surface area contributed by atoms with Crippen LogP contribution in [-0.2, 0) is 23.9 Å². The lowest BCUT2D eigenvalue weighted by atomic mass is 9.59. The van der Waals surface area contributed by atoms with Crippen LogP contribution in [0.25, 0.3) is 0 Å². The van der Waals surface area contributed by atoms with Crippen LogP contribution in [0.1, 0.15) is 33.1 Å². The average molecular weight is 370 g/mol. The van der Waals surface area contributed by atoms with Gasteiger partial charge in [-0.2, -0.15) is 0 Å². The number of hydrogen-bond donors (Lipinski definition) is 4. The number of alkyl halides is 1. The summed E-state index contributed by atoms with van der Waals surface area (Å²) in [6.07, 6.45) is -4.96. The number of halogens is 1. The first-order valence-corrected chi connectivity index (χ1v) is 6.80. The number of carbonyl (C=O) groups is 4. The van der Waals surface area contributed by atoms with E-state index in [4.69, 9.17) is 27.6 Å². The van der Waals surface area contributed by atoms with Crippen LogP contribution in [0.4, 0.5) is 0 Å². The Balaban J connectivity index is 3.94. The predicted octanol–water partition coefficient (Wildman–Crippen LogP) is -2.17. The summed E-state index contributed by atoms with van der Waals surface area (Å²) in [5.41, 5.74) is -6.93. The van der Waals surface area contributed by atoms with Crippen LogP contribution >= 0.6 is 11.6 Å². The van der Waals surface area contributed by atoms with Gasteiger partial charge in [0.15, 0.2) is 45.4 Å². The van der Waals surface area contributed by atoms with Crippen LogP contribution in [0, 0.1) is 0 Å². The molecule has 1 heterocycles. The second-order valence-corrected chi connectivity index (χ2v) is 5.80. The fourth-order valence-corrected chi connectivity index (χ4v) is 3.01. The number of ketones is 4. The number of Topliss-reactive ketones (excluding diaryl/α,β-unsaturated/α-hetero) is 4. The summed E-state index contributed by atoms with van der Waals surface area (Å²) < 4.78 is 33.7. The van der Waals surface area contributed by atoms with Crippen molar-refractivity contribution in [3.8, 4) is 0 Å². The number of hydrogen-bond acceptors (Lipinski definition) is 9. The van der Waals surface area contributed by atoms with Crippen LogP contribution < -0.4 is 5.73 Å². The van der Waals surface area contributed by atoms with E-state index in [1.54, 1.807) is 0 Å². The fraction of sp³-hybridized carbons (Fsp3) is 0.714. The van der Waals surface area contributed by atoms with Crippen molar-refractivity contribution in [2.24, 2.45) is 5.73 Å². The molecule has 0 amide bonds. The van der Waals surface area contributed by atoms with Gasteiger partial charge >= 0.3 is 0 Å². The minimum atomic E-state index is -3.71. The molecule has 2 unspecified atom stereocenters. The second-order valence-electron chi connectivity index (χ2n) is 5.40. The molecule has 1 aliphatic rings. The number of aliphatic hydroxyl groups excluding tert-OH is 1. The third-order valence-electron chi connectivity index (χ3n) is 4.09. The molecule has 136 valence electrons. The molecule has 1 saturated heterocycles. The molecule has 0 aromatic rings. The Morgan fingerprint density at radius 1 is 1.12 bits per heavy atom. The lowest BCUT2D eigenvalue weighted by molar-refractivity contribution is -0.278. The fourth-order valence-electron chi connectivity index (χ4n) is 2.62. The Labute approximate surface area is 148 Å². The Morgan fingerprint density at radius 3 is 2.12 bits per heavy atom. The van der Waals surface area contributed by atoms with E-state index in [0.717, 1.165) is 0 Å².